The van der Waals surface area contributed by atoms with E-state index in [1.807, 2.05) is 19.1 Å². The molecule has 0 N–H and O–H groups in total. The molecule has 0 unspecified atom stereocenters. The van der Waals surface area contributed by atoms with Crippen molar-refractivity contribution in [3.63, 3.8) is 0 Å². The highest BCUT2D eigenvalue weighted by Crippen LogP contribution is 2.24. The van der Waals surface area contributed by atoms with Gasteiger partial charge in [-0.05, 0) is 37.3 Å². The van der Waals surface area contributed by atoms with Crippen molar-refractivity contribution in [1.82, 2.24) is 9.97 Å². The van der Waals surface area contributed by atoms with E-state index >= 15 is 0 Å². The monoisotopic (exact) mass is 212 g/mol. The van der Waals surface area contributed by atoms with Crippen molar-refractivity contribution in [3.05, 3.63) is 48.0 Å². The molecule has 0 aliphatic carbocycles. The number of halogens is 1. The Labute approximate surface area is 91.8 Å². The lowest BCUT2D eigenvalue weighted by Crippen LogP contribution is -1.90. The number of fused-ring (bicyclic) bond motifs is 3. The highest BCUT2D eigenvalue weighted by atomic mass is 19.1. The van der Waals surface area contributed by atoms with Crippen molar-refractivity contribution in [3.8, 4) is 0 Å². The van der Waals surface area contributed by atoms with Crippen LogP contribution in [0.25, 0.3) is 21.8 Å². The van der Waals surface area contributed by atoms with Gasteiger partial charge in [-0.3, -0.25) is 9.97 Å². The molecule has 3 rings (SSSR count). The van der Waals surface area contributed by atoms with Gasteiger partial charge in [0.2, 0.25) is 0 Å². The summed E-state index contributed by atoms with van der Waals surface area (Å²) in [7, 11) is 0. The maximum atomic E-state index is 13.2. The quantitative estimate of drug-likeness (QED) is 0.534. The molecule has 0 radical (unpaired) electrons. The molecule has 3 heteroatoms. The predicted octanol–water partition coefficient (Wildman–Crippen LogP) is 3.23. The van der Waals surface area contributed by atoms with Crippen LogP contribution >= 0.6 is 0 Å². The molecule has 2 aromatic heterocycles. The molecule has 0 amide bonds. The van der Waals surface area contributed by atoms with Gasteiger partial charge in [0.15, 0.2) is 0 Å². The van der Waals surface area contributed by atoms with Gasteiger partial charge in [-0.2, -0.15) is 0 Å². The van der Waals surface area contributed by atoms with Crippen LogP contribution in [0.3, 0.4) is 0 Å². The number of rotatable bonds is 0. The molecular weight excluding hydrogens is 203 g/mol. The van der Waals surface area contributed by atoms with Crippen molar-refractivity contribution in [2.75, 3.05) is 0 Å². The normalized spacial score (nSPS) is 11.1. The highest BCUT2D eigenvalue weighted by Gasteiger charge is 2.06. The summed E-state index contributed by atoms with van der Waals surface area (Å²) in [6, 6.07) is 8.41. The maximum absolute atomic E-state index is 13.2. The van der Waals surface area contributed by atoms with Crippen molar-refractivity contribution in [2.24, 2.45) is 0 Å². The van der Waals surface area contributed by atoms with Crippen molar-refractivity contribution in [2.45, 2.75) is 6.92 Å². The predicted molar refractivity (Wildman–Crippen MR) is 61.7 cm³/mol. The fourth-order valence-corrected chi connectivity index (χ4v) is 1.95. The molecule has 0 aliphatic heterocycles. The molecule has 0 aliphatic rings. The summed E-state index contributed by atoms with van der Waals surface area (Å²) in [6.45, 7) is 1.94. The summed E-state index contributed by atoms with van der Waals surface area (Å²) in [5.41, 5.74) is 2.51. The largest absolute Gasteiger partial charge is 0.255 e. The van der Waals surface area contributed by atoms with Crippen LogP contribution in [0, 0.1) is 12.7 Å². The third-order valence-electron chi connectivity index (χ3n) is 2.70. The third-order valence-corrected chi connectivity index (χ3v) is 2.70. The van der Waals surface area contributed by atoms with Crippen LogP contribution in [-0.2, 0) is 0 Å². The second kappa shape index (κ2) is 3.23. The zero-order valence-corrected chi connectivity index (χ0v) is 8.74. The first kappa shape index (κ1) is 9.21. The number of nitrogens with zero attached hydrogens (tertiary/aromatic N) is 2. The van der Waals surface area contributed by atoms with Crippen LogP contribution in [0.5, 0.6) is 0 Å². The van der Waals surface area contributed by atoms with E-state index < -0.39 is 0 Å². The molecule has 0 fully saturated rings. The second-order valence-corrected chi connectivity index (χ2v) is 3.76. The van der Waals surface area contributed by atoms with Gasteiger partial charge in [0.05, 0.1) is 11.0 Å². The molecule has 2 nitrogen and oxygen atoms in total. The molecule has 0 spiro atoms. The van der Waals surface area contributed by atoms with E-state index in [1.54, 1.807) is 12.3 Å². The smallest absolute Gasteiger partial charge is 0.124 e. The lowest BCUT2D eigenvalue weighted by Gasteiger charge is -2.05. The van der Waals surface area contributed by atoms with Crippen LogP contribution in [0.1, 0.15) is 5.69 Å². The summed E-state index contributed by atoms with van der Waals surface area (Å²) in [5.74, 6) is -0.259. The van der Waals surface area contributed by atoms with Crippen LogP contribution in [0.4, 0.5) is 4.39 Å². The Morgan fingerprint density at radius 2 is 2.00 bits per heavy atom. The molecule has 16 heavy (non-hydrogen) atoms. The topological polar surface area (TPSA) is 25.8 Å². The van der Waals surface area contributed by atoms with Crippen LogP contribution in [0.15, 0.2) is 36.5 Å². The third kappa shape index (κ3) is 1.25. The fraction of sp³-hybridized carbons (Fsp3) is 0.0769. The molecule has 1 aromatic carbocycles. The second-order valence-electron chi connectivity index (χ2n) is 3.76. The highest BCUT2D eigenvalue weighted by molar-refractivity contribution is 6.03. The van der Waals surface area contributed by atoms with Crippen molar-refractivity contribution in [1.29, 1.82) is 0 Å². The molecule has 0 bridgehead atoms. The zero-order chi connectivity index (χ0) is 11.1. The van der Waals surface area contributed by atoms with Crippen molar-refractivity contribution < 1.29 is 4.39 Å². The molecule has 0 saturated carbocycles. The molecule has 0 saturated heterocycles. The minimum Gasteiger partial charge on any atom is -0.255 e. The average Bonchev–Trinajstić information content (AvgIpc) is 2.31. The Balaban J connectivity index is 2.61. The molecule has 3 aromatic rings. The number of benzene rings is 1. The number of pyridine rings is 2. The number of aryl methyl sites for hydroxylation is 1. The van der Waals surface area contributed by atoms with Crippen molar-refractivity contribution >= 4 is 21.8 Å². The lowest BCUT2D eigenvalue weighted by atomic mass is 10.1. The molecular formula is C13H9FN2. The number of hydrogen-bond acceptors (Lipinski definition) is 2. The first-order valence-corrected chi connectivity index (χ1v) is 5.06. The minimum absolute atomic E-state index is 0.259. The fourth-order valence-electron chi connectivity index (χ4n) is 1.95. The average molecular weight is 212 g/mol. The van der Waals surface area contributed by atoms with E-state index in [4.69, 9.17) is 0 Å². The van der Waals surface area contributed by atoms with E-state index in [9.17, 15) is 4.39 Å². The van der Waals surface area contributed by atoms with Gasteiger partial charge in [-0.1, -0.05) is 0 Å². The summed E-state index contributed by atoms with van der Waals surface area (Å²) in [4.78, 5) is 8.74. The van der Waals surface area contributed by atoms with Gasteiger partial charge < -0.3 is 0 Å². The number of aromatic nitrogens is 2. The molecule has 0 atom stereocenters. The van der Waals surface area contributed by atoms with Gasteiger partial charge >= 0.3 is 0 Å². The lowest BCUT2D eigenvalue weighted by molar-refractivity contribution is 0.629. The Hall–Kier alpha value is -2.03. The first-order chi connectivity index (χ1) is 7.75. The van der Waals surface area contributed by atoms with Gasteiger partial charge in [0, 0.05) is 22.7 Å². The Bertz CT molecular complexity index is 692. The summed E-state index contributed by atoms with van der Waals surface area (Å²) < 4.78 is 13.2. The van der Waals surface area contributed by atoms with E-state index in [0.29, 0.717) is 0 Å². The van der Waals surface area contributed by atoms with E-state index in [1.165, 1.54) is 12.1 Å². The van der Waals surface area contributed by atoms with Gasteiger partial charge in [-0.15, -0.1) is 0 Å². The minimum atomic E-state index is -0.259. The molecule has 78 valence electrons. The van der Waals surface area contributed by atoms with Crippen LogP contribution in [-0.4, -0.2) is 9.97 Å². The maximum Gasteiger partial charge on any atom is 0.124 e. The first-order valence-electron chi connectivity index (χ1n) is 5.06. The van der Waals surface area contributed by atoms with E-state index in [-0.39, 0.29) is 5.82 Å². The summed E-state index contributed by atoms with van der Waals surface area (Å²) in [5, 5.41) is 1.74. The van der Waals surface area contributed by atoms with Crippen LogP contribution in [0.2, 0.25) is 0 Å². The zero-order valence-electron chi connectivity index (χ0n) is 8.74. The van der Waals surface area contributed by atoms with Crippen LogP contribution < -0.4 is 0 Å². The number of hydrogen-bond donors (Lipinski definition) is 0. The Morgan fingerprint density at radius 3 is 2.88 bits per heavy atom. The van der Waals surface area contributed by atoms with Gasteiger partial charge in [0.25, 0.3) is 0 Å². The Morgan fingerprint density at radius 1 is 1.12 bits per heavy atom. The Kier molecular flexibility index (Phi) is 1.86. The summed E-state index contributed by atoms with van der Waals surface area (Å²) >= 11 is 0. The standard InChI is InChI=1S/C13H9FN2/c1-8-10-3-2-6-15-13(10)11-7-9(14)4-5-12(11)16-8/h2-7H,1H3. The van der Waals surface area contributed by atoms with Gasteiger partial charge in [0.1, 0.15) is 5.82 Å². The van der Waals surface area contributed by atoms with E-state index in [0.717, 1.165) is 27.5 Å². The SMILES string of the molecule is Cc1nc2ccc(F)cc2c2ncccc12. The van der Waals surface area contributed by atoms with Gasteiger partial charge in [-0.25, -0.2) is 4.39 Å². The van der Waals surface area contributed by atoms with E-state index in [2.05, 4.69) is 9.97 Å². The summed E-state index contributed by atoms with van der Waals surface area (Å²) in [6.07, 6.45) is 1.71. The molecule has 2 heterocycles.